The average molecular weight is 342 g/mol. The number of anilines is 1. The van der Waals surface area contributed by atoms with Crippen LogP contribution in [0.3, 0.4) is 0 Å². The van der Waals surface area contributed by atoms with E-state index in [9.17, 15) is 9.59 Å². The van der Waals surface area contributed by atoms with Gasteiger partial charge in [0.1, 0.15) is 6.04 Å². The zero-order chi connectivity index (χ0) is 17.9. The summed E-state index contributed by atoms with van der Waals surface area (Å²) in [5, 5.41) is 2.93. The number of carbonyl (C=O) groups excluding carboxylic acids is 2. The first-order chi connectivity index (χ1) is 12.7. The Labute approximate surface area is 152 Å². The van der Waals surface area contributed by atoms with E-state index in [4.69, 9.17) is 0 Å². The molecule has 4 nitrogen and oxygen atoms in total. The van der Waals surface area contributed by atoms with Gasteiger partial charge in [-0.15, -0.1) is 0 Å². The Balaban J connectivity index is 1.69. The summed E-state index contributed by atoms with van der Waals surface area (Å²) in [5.74, 6) is -0.332. The van der Waals surface area contributed by atoms with Gasteiger partial charge in [-0.05, 0) is 29.3 Å². The summed E-state index contributed by atoms with van der Waals surface area (Å²) in [6.45, 7) is 0.427. The number of amides is 2. The molecule has 0 saturated carbocycles. The van der Waals surface area contributed by atoms with E-state index in [1.165, 1.54) is 0 Å². The molecule has 0 fully saturated rings. The van der Waals surface area contributed by atoms with Gasteiger partial charge in [0.05, 0.1) is 0 Å². The van der Waals surface area contributed by atoms with Crippen molar-refractivity contribution in [2.24, 2.45) is 0 Å². The van der Waals surface area contributed by atoms with Crippen LogP contribution < -0.4 is 5.32 Å². The molecule has 1 aliphatic heterocycles. The predicted molar refractivity (Wildman–Crippen MR) is 101 cm³/mol. The third kappa shape index (κ3) is 2.97. The van der Waals surface area contributed by atoms with Crippen LogP contribution in [0.2, 0.25) is 0 Å². The maximum absolute atomic E-state index is 13.1. The number of nitrogens with zero attached hydrogens (tertiary/aromatic N) is 1. The van der Waals surface area contributed by atoms with Gasteiger partial charge in [0.25, 0.3) is 11.8 Å². The van der Waals surface area contributed by atoms with Crippen molar-refractivity contribution in [1.29, 1.82) is 0 Å². The number of fused-ring (bicyclic) bond motifs is 1. The van der Waals surface area contributed by atoms with E-state index >= 15 is 0 Å². The second-order valence-corrected chi connectivity index (χ2v) is 6.26. The van der Waals surface area contributed by atoms with Crippen LogP contribution in [0.5, 0.6) is 0 Å². The lowest BCUT2D eigenvalue weighted by Gasteiger charge is -2.27. The van der Waals surface area contributed by atoms with Gasteiger partial charge in [-0.25, -0.2) is 0 Å². The quantitative estimate of drug-likeness (QED) is 0.778. The van der Waals surface area contributed by atoms with E-state index in [2.05, 4.69) is 5.32 Å². The molecule has 26 heavy (non-hydrogen) atoms. The van der Waals surface area contributed by atoms with E-state index in [0.29, 0.717) is 17.8 Å². The van der Waals surface area contributed by atoms with Crippen LogP contribution in [0.15, 0.2) is 84.9 Å². The molecular weight excluding hydrogens is 324 g/mol. The Bertz CT molecular complexity index is 939. The standard InChI is InChI=1S/C22H18N2O2/c25-21(23-18-12-5-2-6-13-18)20(16-9-3-1-4-10-16)24-15-17-11-7-8-14-19(17)22(24)26/h1-14,20H,15H2,(H,23,25)/t20-/m0/s1. The summed E-state index contributed by atoms with van der Waals surface area (Å²) < 4.78 is 0. The Hall–Kier alpha value is -3.40. The average Bonchev–Trinajstić information content (AvgIpc) is 3.00. The minimum Gasteiger partial charge on any atom is -0.324 e. The van der Waals surface area contributed by atoms with Gasteiger partial charge in [-0.1, -0.05) is 66.7 Å². The topological polar surface area (TPSA) is 49.4 Å². The molecule has 1 aliphatic rings. The molecule has 4 rings (SSSR count). The number of carbonyl (C=O) groups is 2. The zero-order valence-corrected chi connectivity index (χ0v) is 14.1. The second kappa shape index (κ2) is 6.84. The fourth-order valence-corrected chi connectivity index (χ4v) is 3.33. The molecule has 0 unspecified atom stereocenters. The van der Waals surface area contributed by atoms with Crippen molar-refractivity contribution in [3.8, 4) is 0 Å². The Morgan fingerprint density at radius 2 is 1.46 bits per heavy atom. The summed E-state index contributed by atoms with van der Waals surface area (Å²) >= 11 is 0. The molecule has 0 radical (unpaired) electrons. The van der Waals surface area contributed by atoms with Crippen molar-refractivity contribution in [1.82, 2.24) is 4.90 Å². The van der Waals surface area contributed by atoms with Crippen LogP contribution in [0.4, 0.5) is 5.69 Å². The number of nitrogens with one attached hydrogen (secondary N) is 1. The van der Waals surface area contributed by atoms with Crippen molar-refractivity contribution >= 4 is 17.5 Å². The highest BCUT2D eigenvalue weighted by Crippen LogP contribution is 2.32. The van der Waals surface area contributed by atoms with Crippen molar-refractivity contribution in [3.63, 3.8) is 0 Å². The summed E-state index contributed by atoms with van der Waals surface area (Å²) in [6.07, 6.45) is 0. The monoisotopic (exact) mass is 342 g/mol. The predicted octanol–water partition coefficient (Wildman–Crippen LogP) is 4.02. The first kappa shape index (κ1) is 16.1. The highest BCUT2D eigenvalue weighted by molar-refractivity contribution is 6.03. The number of para-hydroxylation sites is 1. The molecule has 3 aromatic rings. The van der Waals surface area contributed by atoms with Crippen molar-refractivity contribution in [2.75, 3.05) is 5.32 Å². The van der Waals surface area contributed by atoms with Gasteiger partial charge in [0, 0.05) is 17.8 Å². The minimum absolute atomic E-state index is 0.113. The highest BCUT2D eigenvalue weighted by atomic mass is 16.2. The van der Waals surface area contributed by atoms with Gasteiger partial charge >= 0.3 is 0 Å². The van der Waals surface area contributed by atoms with Gasteiger partial charge in [-0.3, -0.25) is 9.59 Å². The molecular formula is C22H18N2O2. The van der Waals surface area contributed by atoms with Gasteiger partial charge in [0.15, 0.2) is 0 Å². The van der Waals surface area contributed by atoms with E-state index < -0.39 is 6.04 Å². The molecule has 0 spiro atoms. The SMILES string of the molecule is O=C(Nc1ccccc1)[C@H](c1ccccc1)N1Cc2ccccc2C1=O. The lowest BCUT2D eigenvalue weighted by molar-refractivity contribution is -0.120. The second-order valence-electron chi connectivity index (χ2n) is 6.26. The van der Waals surface area contributed by atoms with Crippen molar-refractivity contribution in [3.05, 3.63) is 102 Å². The fourth-order valence-electron chi connectivity index (χ4n) is 3.33. The van der Waals surface area contributed by atoms with Gasteiger partial charge < -0.3 is 10.2 Å². The van der Waals surface area contributed by atoms with Gasteiger partial charge in [0.2, 0.25) is 0 Å². The maximum atomic E-state index is 13.1. The highest BCUT2D eigenvalue weighted by Gasteiger charge is 2.37. The lowest BCUT2D eigenvalue weighted by Crippen LogP contribution is -2.37. The fraction of sp³-hybridized carbons (Fsp3) is 0.0909. The molecule has 0 aliphatic carbocycles. The molecule has 1 heterocycles. The summed E-state index contributed by atoms with van der Waals surface area (Å²) in [5.41, 5.74) is 3.12. The van der Waals surface area contributed by atoms with Crippen molar-refractivity contribution in [2.45, 2.75) is 12.6 Å². The molecule has 3 aromatic carbocycles. The van der Waals surface area contributed by atoms with E-state index in [0.717, 1.165) is 11.1 Å². The molecule has 4 heteroatoms. The zero-order valence-electron chi connectivity index (χ0n) is 14.1. The van der Waals surface area contributed by atoms with Crippen LogP contribution in [0, 0.1) is 0 Å². The molecule has 0 saturated heterocycles. The first-order valence-electron chi connectivity index (χ1n) is 8.54. The Morgan fingerprint density at radius 1 is 0.846 bits per heavy atom. The molecule has 1 atom stereocenters. The van der Waals surface area contributed by atoms with Crippen LogP contribution in [-0.4, -0.2) is 16.7 Å². The van der Waals surface area contributed by atoms with Gasteiger partial charge in [-0.2, -0.15) is 0 Å². The number of rotatable bonds is 4. The van der Waals surface area contributed by atoms with E-state index in [1.807, 2.05) is 84.9 Å². The normalized spacial score (nSPS) is 14.0. The molecule has 128 valence electrons. The number of hydrogen-bond acceptors (Lipinski definition) is 2. The smallest absolute Gasteiger partial charge is 0.255 e. The summed E-state index contributed by atoms with van der Waals surface area (Å²) in [4.78, 5) is 27.6. The lowest BCUT2D eigenvalue weighted by atomic mass is 10.0. The molecule has 0 aromatic heterocycles. The third-order valence-electron chi connectivity index (χ3n) is 4.57. The maximum Gasteiger partial charge on any atom is 0.255 e. The molecule has 0 bridgehead atoms. The molecule has 1 N–H and O–H groups in total. The van der Waals surface area contributed by atoms with Crippen LogP contribution in [0.25, 0.3) is 0 Å². The molecule has 2 amide bonds. The third-order valence-corrected chi connectivity index (χ3v) is 4.57. The number of benzene rings is 3. The van der Waals surface area contributed by atoms with E-state index in [1.54, 1.807) is 4.90 Å². The largest absolute Gasteiger partial charge is 0.324 e. The minimum atomic E-state index is -0.684. The van der Waals surface area contributed by atoms with Crippen LogP contribution in [-0.2, 0) is 11.3 Å². The summed E-state index contributed by atoms with van der Waals surface area (Å²) in [7, 11) is 0. The van der Waals surface area contributed by atoms with Crippen LogP contribution >= 0.6 is 0 Å². The van der Waals surface area contributed by atoms with Crippen molar-refractivity contribution < 1.29 is 9.59 Å². The number of hydrogen-bond donors (Lipinski definition) is 1. The Kier molecular flexibility index (Phi) is 4.23. The Morgan fingerprint density at radius 3 is 2.15 bits per heavy atom. The van der Waals surface area contributed by atoms with Crippen LogP contribution in [0.1, 0.15) is 27.5 Å². The van der Waals surface area contributed by atoms with E-state index in [-0.39, 0.29) is 11.8 Å². The summed E-state index contributed by atoms with van der Waals surface area (Å²) in [6, 6.07) is 25.5. The first-order valence-corrected chi connectivity index (χ1v) is 8.54.